The van der Waals surface area contributed by atoms with Crippen molar-refractivity contribution in [1.29, 1.82) is 0 Å². The fraction of sp³-hybridized carbons (Fsp3) is 0.423. The van der Waals surface area contributed by atoms with E-state index in [2.05, 4.69) is 50.5 Å². The van der Waals surface area contributed by atoms with E-state index in [4.69, 9.17) is 11.6 Å². The van der Waals surface area contributed by atoms with Crippen molar-refractivity contribution < 1.29 is 26.6 Å². The number of nitrogens with one attached hydrogen (secondary N) is 1. The molecule has 2 aliphatic heterocycles. The molecule has 1 spiro atoms. The third-order valence-electron chi connectivity index (χ3n) is 8.16. The van der Waals surface area contributed by atoms with Gasteiger partial charge in [0, 0.05) is 33.5 Å². The lowest BCUT2D eigenvalue weighted by atomic mass is 9.48. The van der Waals surface area contributed by atoms with Gasteiger partial charge in [0.1, 0.15) is 6.10 Å². The maximum absolute atomic E-state index is 13.3. The normalized spacial score (nSPS) is 35.5. The molecule has 0 unspecified atom stereocenters. The van der Waals surface area contributed by atoms with E-state index in [1.807, 2.05) is 12.1 Å². The standard InChI is InChI=1S/C26H26I2N2O4/c1-2-10-30-11-9-25-21-14-4-6-19(31)22(21)34-23(25)18(7-8-26(25,33)20(30)13-14)29-24(32)15-3-5-16(27)17(28)12-15/h2-6,12,18,20,23,31,33H,1,7-11,13H2,(H,29,32)/t18-,20-,23+,25+,26-/m1/s1/i1D2,2D,10D2. The van der Waals surface area contributed by atoms with Crippen LogP contribution in [-0.4, -0.2) is 57.9 Å². The quantitative estimate of drug-likeness (QED) is 0.337. The fourth-order valence-electron chi connectivity index (χ4n) is 6.79. The Hall–Kier alpha value is -1.37. The first kappa shape index (κ1) is 18.0. The number of phenols is 1. The Morgan fingerprint density at radius 1 is 1.38 bits per heavy atom. The Kier molecular flexibility index (Phi) is 4.27. The summed E-state index contributed by atoms with van der Waals surface area (Å²) in [4.78, 5) is 14.8. The zero-order valence-electron chi connectivity index (χ0n) is 23.1. The molecule has 8 heteroatoms. The fourth-order valence-corrected chi connectivity index (χ4v) is 7.64. The Morgan fingerprint density at radius 3 is 3.03 bits per heavy atom. The molecule has 1 amide bonds. The molecule has 4 aliphatic rings. The number of hydrogen-bond acceptors (Lipinski definition) is 5. The first-order valence-electron chi connectivity index (χ1n) is 13.7. The van der Waals surface area contributed by atoms with E-state index in [9.17, 15) is 15.0 Å². The van der Waals surface area contributed by atoms with Crippen LogP contribution in [0.15, 0.2) is 42.9 Å². The van der Waals surface area contributed by atoms with Crippen molar-refractivity contribution in [3.63, 3.8) is 0 Å². The second-order valence-corrected chi connectivity index (χ2v) is 11.9. The molecule has 0 radical (unpaired) electrons. The minimum absolute atomic E-state index is 0.0437. The highest BCUT2D eigenvalue weighted by Crippen LogP contribution is 2.65. The van der Waals surface area contributed by atoms with Crippen molar-refractivity contribution in [1.82, 2.24) is 10.2 Å². The van der Waals surface area contributed by atoms with Crippen molar-refractivity contribution in [3.8, 4) is 11.5 Å². The highest BCUT2D eigenvalue weighted by Gasteiger charge is 2.73. The van der Waals surface area contributed by atoms with Crippen LogP contribution in [0.5, 0.6) is 11.5 Å². The number of phenolic OH excluding ortho intramolecular Hbond substituents is 1. The van der Waals surface area contributed by atoms with Gasteiger partial charge < -0.3 is 20.3 Å². The van der Waals surface area contributed by atoms with E-state index < -0.39 is 48.3 Å². The van der Waals surface area contributed by atoms with E-state index >= 15 is 0 Å². The summed E-state index contributed by atoms with van der Waals surface area (Å²) < 4.78 is 49.1. The van der Waals surface area contributed by atoms with Gasteiger partial charge in [0.15, 0.2) is 11.5 Å². The summed E-state index contributed by atoms with van der Waals surface area (Å²) in [5.74, 6) is -0.00190. The molecule has 2 bridgehead atoms. The topological polar surface area (TPSA) is 82.0 Å². The molecule has 0 aromatic heterocycles. The first-order valence-corrected chi connectivity index (χ1v) is 13.4. The highest BCUT2D eigenvalue weighted by atomic mass is 127. The Bertz CT molecular complexity index is 1440. The number of benzene rings is 2. The Labute approximate surface area is 233 Å². The van der Waals surface area contributed by atoms with Crippen LogP contribution in [0.3, 0.4) is 0 Å². The van der Waals surface area contributed by atoms with Crippen LogP contribution >= 0.6 is 45.2 Å². The Morgan fingerprint density at radius 2 is 2.24 bits per heavy atom. The van der Waals surface area contributed by atoms with Crippen LogP contribution < -0.4 is 10.1 Å². The zero-order chi connectivity index (χ0) is 28.1. The van der Waals surface area contributed by atoms with Gasteiger partial charge in [-0.2, -0.15) is 0 Å². The van der Waals surface area contributed by atoms with Crippen molar-refractivity contribution in [2.24, 2.45) is 0 Å². The number of carbonyl (C=O) groups excluding carboxylic acids is 1. The average molecular weight is 689 g/mol. The molecule has 2 heterocycles. The molecular formula is C26H26I2N2O4. The SMILES string of the molecule is [2H]C([2H])=C([2H])C([2H])([2H])N1CC[C@]23c4c5ccc(O)c4O[C@H]2[C@H](NC(=O)c2ccc(I)c(I)c2)CC[C@@]3(O)[C@H]1C5. The average Bonchev–Trinajstić information content (AvgIpc) is 3.23. The lowest BCUT2D eigenvalue weighted by Crippen LogP contribution is -2.78. The molecular weight excluding hydrogens is 658 g/mol. The molecule has 2 aromatic rings. The van der Waals surface area contributed by atoms with Crippen molar-refractivity contribution >= 4 is 51.1 Å². The molecule has 2 fully saturated rings. The van der Waals surface area contributed by atoms with Crippen molar-refractivity contribution in [3.05, 3.63) is 66.7 Å². The number of amides is 1. The number of halogens is 2. The van der Waals surface area contributed by atoms with Gasteiger partial charge in [-0.25, -0.2) is 0 Å². The summed E-state index contributed by atoms with van der Waals surface area (Å²) in [6.45, 7) is -3.20. The molecule has 2 aliphatic carbocycles. The van der Waals surface area contributed by atoms with Gasteiger partial charge in [0.25, 0.3) is 5.91 Å². The van der Waals surface area contributed by atoms with Gasteiger partial charge in [-0.3, -0.25) is 9.69 Å². The van der Waals surface area contributed by atoms with Gasteiger partial charge in [0.2, 0.25) is 0 Å². The van der Waals surface area contributed by atoms with Crippen molar-refractivity contribution in [2.75, 3.05) is 13.0 Å². The molecule has 1 saturated carbocycles. The predicted octanol–water partition coefficient (Wildman–Crippen LogP) is 3.74. The first-order chi connectivity index (χ1) is 18.3. The summed E-state index contributed by atoms with van der Waals surface area (Å²) in [5, 5.41) is 26.4. The van der Waals surface area contributed by atoms with E-state index in [1.54, 1.807) is 12.1 Å². The molecule has 6 rings (SSSR count). The molecule has 34 heavy (non-hydrogen) atoms. The van der Waals surface area contributed by atoms with Gasteiger partial charge in [0.05, 0.1) is 21.2 Å². The van der Waals surface area contributed by atoms with Crippen LogP contribution in [-0.2, 0) is 11.8 Å². The number of aliphatic hydroxyl groups is 1. The zero-order valence-corrected chi connectivity index (χ0v) is 22.4. The smallest absolute Gasteiger partial charge is 0.251 e. The maximum atomic E-state index is 13.3. The number of piperidine rings is 1. The minimum Gasteiger partial charge on any atom is -0.504 e. The number of nitrogens with zero attached hydrogens (tertiary/aromatic N) is 1. The number of ether oxygens (including phenoxy) is 1. The van der Waals surface area contributed by atoms with Gasteiger partial charge >= 0.3 is 0 Å². The maximum Gasteiger partial charge on any atom is 0.251 e. The minimum atomic E-state index is -2.43. The molecule has 1 saturated heterocycles. The van der Waals surface area contributed by atoms with Crippen molar-refractivity contribution in [2.45, 2.75) is 54.9 Å². The van der Waals surface area contributed by atoms with E-state index in [0.717, 1.165) is 18.3 Å². The highest BCUT2D eigenvalue weighted by molar-refractivity contribution is 14.1. The second kappa shape index (κ2) is 8.07. The lowest BCUT2D eigenvalue weighted by Gasteiger charge is -2.64. The Balaban J connectivity index is 1.43. The number of hydrogen-bond donors (Lipinski definition) is 3. The largest absolute Gasteiger partial charge is 0.504 e. The summed E-state index contributed by atoms with van der Waals surface area (Å²) >= 11 is 4.39. The van der Waals surface area contributed by atoms with Crippen LogP contribution in [0, 0.1) is 7.14 Å². The summed E-state index contributed by atoms with van der Waals surface area (Å²) in [7, 11) is 0. The number of aromatic hydroxyl groups is 1. The predicted molar refractivity (Wildman–Crippen MR) is 145 cm³/mol. The summed E-state index contributed by atoms with van der Waals surface area (Å²) in [6, 6.07) is 6.77. The molecule has 6 nitrogen and oxygen atoms in total. The monoisotopic (exact) mass is 689 g/mol. The number of carbonyl (C=O) groups is 1. The van der Waals surface area contributed by atoms with Gasteiger partial charge in [-0.05, 0) is 107 Å². The van der Waals surface area contributed by atoms with E-state index in [0.29, 0.717) is 17.7 Å². The summed E-state index contributed by atoms with van der Waals surface area (Å²) in [6.07, 6.45) is 0.404. The second-order valence-electron chi connectivity index (χ2n) is 9.53. The molecule has 178 valence electrons. The van der Waals surface area contributed by atoms with Gasteiger partial charge in [-0.15, -0.1) is 6.53 Å². The molecule has 2 aromatic carbocycles. The van der Waals surface area contributed by atoms with Crippen LogP contribution in [0.2, 0.25) is 0 Å². The lowest BCUT2D eigenvalue weighted by molar-refractivity contribution is -0.188. The van der Waals surface area contributed by atoms with E-state index in [1.165, 1.54) is 11.0 Å². The molecule has 5 atom stereocenters. The third kappa shape index (κ3) is 3.00. The summed E-state index contributed by atoms with van der Waals surface area (Å²) in [5.41, 5.74) is -0.457. The van der Waals surface area contributed by atoms with Crippen LogP contribution in [0.25, 0.3) is 0 Å². The van der Waals surface area contributed by atoms with Crippen LogP contribution in [0.1, 0.15) is 47.6 Å². The van der Waals surface area contributed by atoms with Crippen LogP contribution in [0.4, 0.5) is 0 Å². The van der Waals surface area contributed by atoms with Gasteiger partial charge in [-0.1, -0.05) is 12.1 Å². The number of rotatable bonds is 4. The van der Waals surface area contributed by atoms with E-state index in [-0.39, 0.29) is 37.5 Å². The third-order valence-corrected chi connectivity index (χ3v) is 11.0. The molecule has 3 N–H and O–H groups in total. The number of likely N-dealkylation sites (tertiary alicyclic amines) is 1.